The number of benzene rings is 1. The molecule has 3 rings (SSSR count). The minimum absolute atomic E-state index is 0.557. The van der Waals surface area contributed by atoms with Crippen LogP contribution in [-0.2, 0) is 13.2 Å². The highest BCUT2D eigenvalue weighted by atomic mass is 35.5. The molecule has 0 spiro atoms. The van der Waals surface area contributed by atoms with Crippen molar-refractivity contribution in [2.75, 3.05) is 7.05 Å². The molecule has 1 fully saturated rings. The summed E-state index contributed by atoms with van der Waals surface area (Å²) in [6.07, 6.45) is 2.42. The summed E-state index contributed by atoms with van der Waals surface area (Å²) in [6, 6.07) is 6.26. The van der Waals surface area contributed by atoms with Crippen molar-refractivity contribution < 1.29 is 0 Å². The first-order chi connectivity index (χ1) is 10.5. The van der Waals surface area contributed by atoms with Crippen LogP contribution in [0, 0.1) is 11.7 Å². The first-order valence-corrected chi connectivity index (χ1v) is 8.40. The molecule has 2 aromatic rings. The lowest BCUT2D eigenvalue weighted by Gasteiger charge is -2.16. The summed E-state index contributed by atoms with van der Waals surface area (Å²) in [7, 11) is 2.04. The van der Waals surface area contributed by atoms with Gasteiger partial charge in [-0.25, -0.2) is 4.68 Å². The predicted molar refractivity (Wildman–Crippen MR) is 92.0 cm³/mol. The monoisotopic (exact) mass is 356 g/mol. The molecule has 0 aliphatic heterocycles. The first-order valence-electron chi connectivity index (χ1n) is 7.24. The molecular formula is C15H18Cl2N4S. The minimum atomic E-state index is 0.557. The highest BCUT2D eigenvalue weighted by molar-refractivity contribution is 7.71. The molecule has 0 bridgehead atoms. The Balaban J connectivity index is 1.71. The molecule has 22 heavy (non-hydrogen) atoms. The van der Waals surface area contributed by atoms with Crippen molar-refractivity contribution in [3.05, 3.63) is 44.4 Å². The van der Waals surface area contributed by atoms with Crippen molar-refractivity contribution in [2.24, 2.45) is 0 Å². The summed E-state index contributed by atoms with van der Waals surface area (Å²) in [4.78, 5) is 2.15. The number of nitrogens with zero attached hydrogens (tertiary/aromatic N) is 4. The van der Waals surface area contributed by atoms with Gasteiger partial charge in [0.1, 0.15) is 5.82 Å². The van der Waals surface area contributed by atoms with Gasteiger partial charge in [0.15, 0.2) is 4.77 Å². The van der Waals surface area contributed by atoms with E-state index in [0.717, 1.165) is 22.7 Å². The van der Waals surface area contributed by atoms with Crippen molar-refractivity contribution in [1.29, 1.82) is 0 Å². The summed E-state index contributed by atoms with van der Waals surface area (Å²) in [5.41, 5.74) is 1.11. The van der Waals surface area contributed by atoms with Crippen molar-refractivity contribution in [2.45, 2.75) is 39.0 Å². The molecule has 1 aliphatic rings. The quantitative estimate of drug-likeness (QED) is 0.740. The van der Waals surface area contributed by atoms with E-state index in [-0.39, 0.29) is 0 Å². The Morgan fingerprint density at radius 3 is 2.68 bits per heavy atom. The fourth-order valence-corrected chi connectivity index (χ4v) is 3.30. The van der Waals surface area contributed by atoms with Gasteiger partial charge >= 0.3 is 0 Å². The smallest absolute Gasteiger partial charge is 0.199 e. The van der Waals surface area contributed by atoms with Gasteiger partial charge in [0.05, 0.1) is 16.7 Å². The van der Waals surface area contributed by atoms with Crippen LogP contribution in [0.15, 0.2) is 18.2 Å². The normalized spacial score (nSPS) is 14.8. The molecule has 118 valence electrons. The van der Waals surface area contributed by atoms with E-state index in [1.807, 2.05) is 36.9 Å². The molecule has 1 aromatic heterocycles. The molecule has 7 heteroatoms. The lowest BCUT2D eigenvalue weighted by atomic mass is 10.2. The molecule has 0 atom stereocenters. The molecule has 0 amide bonds. The van der Waals surface area contributed by atoms with Gasteiger partial charge in [-0.05, 0) is 56.7 Å². The molecule has 0 radical (unpaired) electrons. The SMILES string of the molecule is Cc1nn(CN(C)Cc2ccc(Cl)c(Cl)c2)c(=S)n1C1CC1. The van der Waals surface area contributed by atoms with E-state index >= 15 is 0 Å². The maximum atomic E-state index is 6.06. The van der Waals surface area contributed by atoms with Gasteiger partial charge < -0.3 is 4.57 Å². The molecule has 0 unspecified atom stereocenters. The Hall–Kier alpha value is -0.880. The Morgan fingerprint density at radius 2 is 2.05 bits per heavy atom. The van der Waals surface area contributed by atoms with Crippen molar-refractivity contribution in [1.82, 2.24) is 19.2 Å². The first kappa shape index (κ1) is 16.0. The van der Waals surface area contributed by atoms with Gasteiger partial charge in [-0.15, -0.1) is 0 Å². The highest BCUT2D eigenvalue weighted by Gasteiger charge is 2.27. The van der Waals surface area contributed by atoms with E-state index in [2.05, 4.69) is 14.6 Å². The second kappa shape index (κ2) is 6.32. The Morgan fingerprint density at radius 1 is 1.32 bits per heavy atom. The molecular weight excluding hydrogens is 339 g/mol. The third-order valence-corrected chi connectivity index (χ3v) is 4.91. The second-order valence-corrected chi connectivity index (χ2v) is 7.01. The Labute approximate surface area is 145 Å². The third-order valence-electron chi connectivity index (χ3n) is 3.76. The van der Waals surface area contributed by atoms with E-state index in [1.54, 1.807) is 0 Å². The van der Waals surface area contributed by atoms with E-state index < -0.39 is 0 Å². The molecule has 0 N–H and O–H groups in total. The summed E-state index contributed by atoms with van der Waals surface area (Å²) in [5, 5.41) is 5.73. The summed E-state index contributed by atoms with van der Waals surface area (Å²) in [5.74, 6) is 0.996. The highest BCUT2D eigenvalue weighted by Crippen LogP contribution is 2.35. The van der Waals surface area contributed by atoms with Gasteiger partial charge in [-0.2, -0.15) is 5.10 Å². The van der Waals surface area contributed by atoms with Gasteiger partial charge in [0.25, 0.3) is 0 Å². The lowest BCUT2D eigenvalue weighted by Crippen LogP contribution is -2.22. The van der Waals surface area contributed by atoms with Gasteiger partial charge in [0, 0.05) is 12.6 Å². The zero-order chi connectivity index (χ0) is 15.9. The molecule has 0 saturated heterocycles. The van der Waals surface area contributed by atoms with Crippen molar-refractivity contribution in [3.63, 3.8) is 0 Å². The second-order valence-electron chi connectivity index (χ2n) is 5.83. The predicted octanol–water partition coefficient (Wildman–Crippen LogP) is 4.45. The molecule has 1 heterocycles. The number of aryl methyl sites for hydroxylation is 1. The van der Waals surface area contributed by atoms with Crippen LogP contribution in [0.2, 0.25) is 10.0 Å². The zero-order valence-electron chi connectivity index (χ0n) is 12.6. The molecule has 1 aliphatic carbocycles. The lowest BCUT2D eigenvalue weighted by molar-refractivity contribution is 0.243. The number of hydrogen-bond donors (Lipinski definition) is 0. The Bertz CT molecular complexity index is 748. The molecule has 4 nitrogen and oxygen atoms in total. The van der Waals surface area contributed by atoms with E-state index in [4.69, 9.17) is 35.4 Å². The topological polar surface area (TPSA) is 26.0 Å². The summed E-state index contributed by atoms with van der Waals surface area (Å²) >= 11 is 17.6. The van der Waals surface area contributed by atoms with Crippen LogP contribution in [0.5, 0.6) is 0 Å². The van der Waals surface area contributed by atoms with E-state index in [0.29, 0.717) is 22.8 Å². The van der Waals surface area contributed by atoms with Crippen LogP contribution in [-0.4, -0.2) is 26.3 Å². The Kier molecular flexibility index (Phi) is 4.59. The summed E-state index contributed by atoms with van der Waals surface area (Å²) in [6.45, 7) is 3.43. The van der Waals surface area contributed by atoms with E-state index in [1.165, 1.54) is 12.8 Å². The third kappa shape index (κ3) is 3.38. The van der Waals surface area contributed by atoms with Crippen LogP contribution < -0.4 is 0 Å². The molecule has 1 aromatic carbocycles. The maximum Gasteiger partial charge on any atom is 0.199 e. The maximum absolute atomic E-state index is 6.06. The standard InChI is InChI=1S/C15H18Cl2N4S/c1-10-18-20(15(22)21(10)12-4-5-12)9-19(2)8-11-3-6-13(16)14(17)7-11/h3,6-7,12H,4-5,8-9H2,1-2H3. The fourth-order valence-electron chi connectivity index (χ4n) is 2.60. The number of halogens is 2. The van der Waals surface area contributed by atoms with Crippen LogP contribution in [0.3, 0.4) is 0 Å². The van der Waals surface area contributed by atoms with Crippen LogP contribution in [0.1, 0.15) is 30.3 Å². The fraction of sp³-hybridized carbons (Fsp3) is 0.467. The average molecular weight is 357 g/mol. The van der Waals surface area contributed by atoms with Crippen LogP contribution in [0.4, 0.5) is 0 Å². The largest absolute Gasteiger partial charge is 0.301 e. The van der Waals surface area contributed by atoms with Crippen LogP contribution >= 0.6 is 35.4 Å². The molecule has 1 saturated carbocycles. The van der Waals surface area contributed by atoms with E-state index in [9.17, 15) is 0 Å². The minimum Gasteiger partial charge on any atom is -0.301 e. The van der Waals surface area contributed by atoms with Crippen molar-refractivity contribution in [3.8, 4) is 0 Å². The number of hydrogen-bond acceptors (Lipinski definition) is 3. The zero-order valence-corrected chi connectivity index (χ0v) is 14.9. The van der Waals surface area contributed by atoms with Gasteiger partial charge in [0.2, 0.25) is 0 Å². The van der Waals surface area contributed by atoms with Gasteiger partial charge in [-0.3, -0.25) is 4.90 Å². The number of aromatic nitrogens is 3. The summed E-state index contributed by atoms with van der Waals surface area (Å²) < 4.78 is 4.86. The van der Waals surface area contributed by atoms with Crippen molar-refractivity contribution >= 4 is 35.4 Å². The average Bonchev–Trinajstić information content (AvgIpc) is 3.23. The van der Waals surface area contributed by atoms with Gasteiger partial charge in [-0.1, -0.05) is 29.3 Å². The number of rotatable bonds is 5. The van der Waals surface area contributed by atoms with Crippen LogP contribution in [0.25, 0.3) is 0 Å².